The number of likely N-dealkylation sites (tertiary alicyclic amines) is 1. The molecule has 1 aromatic rings. The lowest BCUT2D eigenvalue weighted by Crippen LogP contribution is -2.55. The standard InChI is InChI=1S/C23H37NO4/c1-15-11-12-16(27-10)13-17(15)18-23(26,20(2,3)4)22(8,9)14-24(18)19(25)28-21(5,6)7/h11-13,18,26H,14H2,1-10H3/t18-,23-/m1/s1. The predicted octanol–water partition coefficient (Wildman–Crippen LogP) is 5.10. The van der Waals surface area contributed by atoms with Gasteiger partial charge in [-0.05, 0) is 56.4 Å². The summed E-state index contributed by atoms with van der Waals surface area (Å²) in [6, 6.07) is 5.24. The lowest BCUT2D eigenvalue weighted by Gasteiger charge is -2.49. The highest BCUT2D eigenvalue weighted by atomic mass is 16.6. The number of nitrogens with zero attached hydrogens (tertiary/aromatic N) is 1. The van der Waals surface area contributed by atoms with Gasteiger partial charge in [-0.15, -0.1) is 0 Å². The Balaban J connectivity index is 2.72. The number of rotatable bonds is 2. The minimum Gasteiger partial charge on any atom is -0.497 e. The summed E-state index contributed by atoms with van der Waals surface area (Å²) in [6.45, 7) is 18.1. The summed E-state index contributed by atoms with van der Waals surface area (Å²) < 4.78 is 11.1. The van der Waals surface area contributed by atoms with Crippen molar-refractivity contribution in [2.45, 2.75) is 79.6 Å². The molecular weight excluding hydrogens is 354 g/mol. The van der Waals surface area contributed by atoms with Gasteiger partial charge in [-0.1, -0.05) is 40.7 Å². The van der Waals surface area contributed by atoms with Gasteiger partial charge in [0.2, 0.25) is 0 Å². The van der Waals surface area contributed by atoms with Crippen molar-refractivity contribution in [3.8, 4) is 5.75 Å². The van der Waals surface area contributed by atoms with Gasteiger partial charge >= 0.3 is 6.09 Å². The maximum absolute atomic E-state index is 13.2. The van der Waals surface area contributed by atoms with E-state index < -0.39 is 34.2 Å². The van der Waals surface area contributed by atoms with Crippen LogP contribution in [0.4, 0.5) is 4.79 Å². The molecule has 2 atom stereocenters. The second kappa shape index (κ2) is 6.94. The number of ether oxygens (including phenoxy) is 2. The van der Waals surface area contributed by atoms with Crippen LogP contribution in [-0.2, 0) is 4.74 Å². The first kappa shape index (κ1) is 22.5. The van der Waals surface area contributed by atoms with Crippen LogP contribution in [0.5, 0.6) is 5.75 Å². The fraction of sp³-hybridized carbons (Fsp3) is 0.696. The SMILES string of the molecule is COc1ccc(C)c([C@H]2N(C(=O)OC(C)(C)C)CC(C)(C)[C@]2(O)C(C)(C)C)c1. The van der Waals surface area contributed by atoms with Crippen LogP contribution in [0, 0.1) is 17.8 Å². The van der Waals surface area contributed by atoms with Crippen molar-refractivity contribution >= 4 is 6.09 Å². The van der Waals surface area contributed by atoms with Crippen LogP contribution in [-0.4, -0.2) is 41.0 Å². The zero-order valence-corrected chi connectivity index (χ0v) is 19.1. The van der Waals surface area contributed by atoms with Crippen molar-refractivity contribution in [3.63, 3.8) is 0 Å². The maximum Gasteiger partial charge on any atom is 0.410 e. The van der Waals surface area contributed by atoms with Gasteiger partial charge < -0.3 is 14.6 Å². The van der Waals surface area contributed by atoms with E-state index in [1.807, 2.05) is 80.5 Å². The minimum atomic E-state index is -1.17. The summed E-state index contributed by atoms with van der Waals surface area (Å²) >= 11 is 0. The highest BCUT2D eigenvalue weighted by Crippen LogP contribution is 2.59. The van der Waals surface area contributed by atoms with E-state index in [2.05, 4.69) is 0 Å². The molecule has 28 heavy (non-hydrogen) atoms. The Morgan fingerprint density at radius 3 is 2.21 bits per heavy atom. The zero-order valence-electron chi connectivity index (χ0n) is 19.1. The average molecular weight is 392 g/mol. The predicted molar refractivity (Wildman–Crippen MR) is 112 cm³/mol. The van der Waals surface area contributed by atoms with Crippen molar-refractivity contribution in [2.75, 3.05) is 13.7 Å². The van der Waals surface area contributed by atoms with Gasteiger partial charge in [0.1, 0.15) is 17.0 Å². The Hall–Kier alpha value is -1.75. The lowest BCUT2D eigenvalue weighted by atomic mass is 9.60. The van der Waals surface area contributed by atoms with Gasteiger partial charge in [-0.3, -0.25) is 4.90 Å². The Bertz CT molecular complexity index is 742. The number of aliphatic hydroxyl groups is 1. The van der Waals surface area contributed by atoms with E-state index in [4.69, 9.17) is 9.47 Å². The number of carbonyl (C=O) groups excluding carboxylic acids is 1. The van der Waals surface area contributed by atoms with Crippen LogP contribution in [0.1, 0.15) is 72.6 Å². The molecule has 1 N–H and O–H groups in total. The monoisotopic (exact) mass is 391 g/mol. The van der Waals surface area contributed by atoms with Crippen molar-refractivity contribution in [1.29, 1.82) is 0 Å². The van der Waals surface area contributed by atoms with Crippen LogP contribution < -0.4 is 4.74 Å². The highest BCUT2D eigenvalue weighted by Gasteiger charge is 2.65. The molecule has 1 saturated heterocycles. The molecule has 0 saturated carbocycles. The Morgan fingerprint density at radius 1 is 1.18 bits per heavy atom. The fourth-order valence-electron chi connectivity index (χ4n) is 4.58. The van der Waals surface area contributed by atoms with Crippen LogP contribution in [0.25, 0.3) is 0 Å². The summed E-state index contributed by atoms with van der Waals surface area (Å²) in [5.74, 6) is 0.700. The van der Waals surface area contributed by atoms with E-state index in [1.165, 1.54) is 0 Å². The number of amides is 1. The molecule has 1 aromatic carbocycles. The molecule has 1 heterocycles. The first-order valence-electron chi connectivity index (χ1n) is 9.92. The molecule has 0 unspecified atom stereocenters. The van der Waals surface area contributed by atoms with Gasteiger partial charge in [0.05, 0.1) is 13.2 Å². The lowest BCUT2D eigenvalue weighted by molar-refractivity contribution is -0.139. The average Bonchev–Trinajstić information content (AvgIpc) is 2.74. The number of methoxy groups -OCH3 is 1. The van der Waals surface area contributed by atoms with E-state index >= 15 is 0 Å². The van der Waals surface area contributed by atoms with Gasteiger partial charge in [0.15, 0.2) is 0 Å². The zero-order chi connectivity index (χ0) is 21.7. The van der Waals surface area contributed by atoms with Gasteiger partial charge in [-0.25, -0.2) is 4.79 Å². The topological polar surface area (TPSA) is 59.0 Å². The molecule has 5 heteroatoms. The molecule has 0 bridgehead atoms. The number of benzene rings is 1. The van der Waals surface area contributed by atoms with Crippen LogP contribution in [0.15, 0.2) is 18.2 Å². The summed E-state index contributed by atoms with van der Waals surface area (Å²) in [5, 5.41) is 12.2. The molecule has 0 aromatic heterocycles. The number of aryl methyl sites for hydroxylation is 1. The second-order valence-electron chi connectivity index (χ2n) is 10.6. The molecule has 0 spiro atoms. The van der Waals surface area contributed by atoms with E-state index in [0.29, 0.717) is 12.3 Å². The van der Waals surface area contributed by atoms with Gasteiger partial charge in [-0.2, -0.15) is 0 Å². The number of hydrogen-bond donors (Lipinski definition) is 1. The van der Waals surface area contributed by atoms with Crippen molar-refractivity contribution < 1.29 is 19.4 Å². The third kappa shape index (κ3) is 3.73. The molecule has 1 fully saturated rings. The van der Waals surface area contributed by atoms with E-state index in [-0.39, 0.29) is 0 Å². The van der Waals surface area contributed by atoms with Crippen molar-refractivity contribution in [3.05, 3.63) is 29.3 Å². The first-order chi connectivity index (χ1) is 12.5. The molecule has 158 valence electrons. The Morgan fingerprint density at radius 2 is 1.75 bits per heavy atom. The molecule has 2 rings (SSSR count). The quantitative estimate of drug-likeness (QED) is 0.762. The largest absolute Gasteiger partial charge is 0.497 e. The highest BCUT2D eigenvalue weighted by molar-refractivity contribution is 5.70. The first-order valence-corrected chi connectivity index (χ1v) is 9.92. The van der Waals surface area contributed by atoms with Gasteiger partial charge in [0, 0.05) is 12.0 Å². The number of hydrogen-bond acceptors (Lipinski definition) is 4. The normalized spacial score (nSPS) is 25.0. The Labute approximate surface area is 170 Å². The molecule has 0 aliphatic carbocycles. The molecule has 0 radical (unpaired) electrons. The molecule has 1 amide bonds. The minimum absolute atomic E-state index is 0.400. The molecular formula is C23H37NO4. The summed E-state index contributed by atoms with van der Waals surface area (Å²) in [6.07, 6.45) is -0.409. The van der Waals surface area contributed by atoms with E-state index in [9.17, 15) is 9.90 Å². The van der Waals surface area contributed by atoms with Crippen LogP contribution in [0.2, 0.25) is 0 Å². The molecule has 1 aliphatic heterocycles. The summed E-state index contributed by atoms with van der Waals surface area (Å²) in [4.78, 5) is 14.9. The van der Waals surface area contributed by atoms with E-state index in [1.54, 1.807) is 12.0 Å². The smallest absolute Gasteiger partial charge is 0.410 e. The van der Waals surface area contributed by atoms with Gasteiger partial charge in [0.25, 0.3) is 0 Å². The third-order valence-electron chi connectivity index (χ3n) is 5.86. The number of carbonyl (C=O) groups is 1. The second-order valence-corrected chi connectivity index (χ2v) is 10.6. The summed E-state index contributed by atoms with van der Waals surface area (Å²) in [5.41, 5.74) is -0.922. The van der Waals surface area contributed by atoms with Crippen molar-refractivity contribution in [2.24, 2.45) is 10.8 Å². The van der Waals surface area contributed by atoms with E-state index in [0.717, 1.165) is 11.1 Å². The fourth-order valence-corrected chi connectivity index (χ4v) is 4.58. The molecule has 1 aliphatic rings. The third-order valence-corrected chi connectivity index (χ3v) is 5.86. The molecule has 5 nitrogen and oxygen atoms in total. The summed E-state index contributed by atoms with van der Waals surface area (Å²) in [7, 11) is 1.62. The van der Waals surface area contributed by atoms with Crippen LogP contribution >= 0.6 is 0 Å². The Kier molecular flexibility index (Phi) is 5.59. The van der Waals surface area contributed by atoms with Crippen LogP contribution in [0.3, 0.4) is 0 Å². The van der Waals surface area contributed by atoms with Crippen molar-refractivity contribution in [1.82, 2.24) is 4.90 Å². The maximum atomic E-state index is 13.2.